The fourth-order valence-electron chi connectivity index (χ4n) is 4.59. The molecule has 0 saturated heterocycles. The van der Waals surface area contributed by atoms with Crippen LogP contribution < -0.4 is 11.1 Å². The SMILES string of the molecule is CN1CC(N)(CCCCNC(c2ccccc2)(c2ccccc2)c2ccccc2)C=N1. The second-order valence-electron chi connectivity index (χ2n) is 8.53. The zero-order valence-electron chi connectivity index (χ0n) is 18.2. The molecule has 1 aliphatic heterocycles. The minimum atomic E-state index is -0.404. The van der Waals surface area contributed by atoms with E-state index < -0.39 is 5.54 Å². The summed E-state index contributed by atoms with van der Waals surface area (Å²) >= 11 is 0. The molecule has 0 aliphatic carbocycles. The molecule has 0 radical (unpaired) electrons. The smallest absolute Gasteiger partial charge is 0.0947 e. The van der Waals surface area contributed by atoms with Crippen LogP contribution in [0.3, 0.4) is 0 Å². The van der Waals surface area contributed by atoms with Gasteiger partial charge in [-0.1, -0.05) is 91.0 Å². The van der Waals surface area contributed by atoms with E-state index in [9.17, 15) is 0 Å². The number of likely N-dealkylation sites (N-methyl/N-ethyl adjacent to an activating group) is 1. The molecular weight excluding hydrogens is 380 g/mol. The van der Waals surface area contributed by atoms with E-state index in [4.69, 9.17) is 5.73 Å². The average Bonchev–Trinajstić information content (AvgIpc) is 3.16. The lowest BCUT2D eigenvalue weighted by Crippen LogP contribution is -2.46. The third-order valence-corrected chi connectivity index (χ3v) is 6.11. The Labute approximate surface area is 185 Å². The highest BCUT2D eigenvalue weighted by Gasteiger charge is 2.35. The average molecular weight is 413 g/mol. The summed E-state index contributed by atoms with van der Waals surface area (Å²) in [6.07, 6.45) is 4.95. The maximum absolute atomic E-state index is 6.48. The fraction of sp³-hybridized carbons (Fsp3) is 0.296. The summed E-state index contributed by atoms with van der Waals surface area (Å²) in [5.41, 5.74) is 9.50. The van der Waals surface area contributed by atoms with Crippen LogP contribution in [0.15, 0.2) is 96.1 Å². The molecule has 4 heteroatoms. The van der Waals surface area contributed by atoms with Gasteiger partial charge in [0.05, 0.1) is 17.6 Å². The minimum Gasteiger partial charge on any atom is -0.319 e. The molecule has 4 nitrogen and oxygen atoms in total. The van der Waals surface area contributed by atoms with Crippen LogP contribution in [0, 0.1) is 0 Å². The van der Waals surface area contributed by atoms with E-state index in [0.717, 1.165) is 32.4 Å². The molecule has 0 amide bonds. The lowest BCUT2D eigenvalue weighted by molar-refractivity contribution is 0.325. The standard InChI is InChI=1S/C27H32N4/c1-31-22-26(28,21-30-31)19-11-12-20-29-27(23-13-5-2-6-14-23,24-15-7-3-8-16-24)25-17-9-4-10-18-25/h2-10,13-18,21,29H,11-12,19-20,22,28H2,1H3. The molecule has 0 spiro atoms. The van der Waals surface area contributed by atoms with Crippen molar-refractivity contribution in [3.8, 4) is 0 Å². The number of nitrogens with zero attached hydrogens (tertiary/aromatic N) is 2. The van der Waals surface area contributed by atoms with Crippen molar-refractivity contribution in [3.63, 3.8) is 0 Å². The summed E-state index contributed by atoms with van der Waals surface area (Å²) in [5.74, 6) is 0. The quantitative estimate of drug-likeness (QED) is 0.405. The number of nitrogens with one attached hydrogen (secondary N) is 1. The van der Waals surface area contributed by atoms with Crippen molar-refractivity contribution >= 4 is 6.21 Å². The van der Waals surface area contributed by atoms with Gasteiger partial charge in [-0.15, -0.1) is 0 Å². The Bertz CT molecular complexity index is 875. The summed E-state index contributed by atoms with van der Waals surface area (Å²) in [4.78, 5) is 0. The number of hydrogen-bond acceptors (Lipinski definition) is 4. The second kappa shape index (κ2) is 9.46. The van der Waals surface area contributed by atoms with Crippen molar-refractivity contribution in [2.75, 3.05) is 20.1 Å². The van der Waals surface area contributed by atoms with Crippen LogP contribution in [0.5, 0.6) is 0 Å². The van der Waals surface area contributed by atoms with Gasteiger partial charge in [0.2, 0.25) is 0 Å². The lowest BCUT2D eigenvalue weighted by Gasteiger charge is -2.37. The van der Waals surface area contributed by atoms with E-state index >= 15 is 0 Å². The third kappa shape index (κ3) is 4.71. The Morgan fingerprint density at radius 1 is 0.839 bits per heavy atom. The first kappa shape index (κ1) is 21.3. The molecule has 0 fully saturated rings. The van der Waals surface area contributed by atoms with E-state index in [1.807, 2.05) is 18.3 Å². The molecule has 1 heterocycles. The highest BCUT2D eigenvalue weighted by Crippen LogP contribution is 2.36. The van der Waals surface area contributed by atoms with Gasteiger partial charge in [0.1, 0.15) is 0 Å². The molecule has 0 aromatic heterocycles. The van der Waals surface area contributed by atoms with Gasteiger partial charge in [-0.25, -0.2) is 0 Å². The van der Waals surface area contributed by atoms with E-state index in [1.165, 1.54) is 16.7 Å². The number of hydrazone groups is 1. The predicted molar refractivity (Wildman–Crippen MR) is 129 cm³/mol. The molecular formula is C27H32N4. The number of nitrogens with two attached hydrogens (primary N) is 1. The summed E-state index contributed by atoms with van der Waals surface area (Å²) in [7, 11) is 1.97. The zero-order valence-corrected chi connectivity index (χ0v) is 18.2. The Kier molecular flexibility index (Phi) is 6.50. The van der Waals surface area contributed by atoms with Crippen molar-refractivity contribution in [2.24, 2.45) is 10.8 Å². The first-order chi connectivity index (χ1) is 15.1. The molecule has 160 valence electrons. The molecule has 1 atom stereocenters. The van der Waals surface area contributed by atoms with Gasteiger partial charge in [0.25, 0.3) is 0 Å². The first-order valence-corrected chi connectivity index (χ1v) is 11.1. The number of hydrogen-bond donors (Lipinski definition) is 2. The second-order valence-corrected chi connectivity index (χ2v) is 8.53. The topological polar surface area (TPSA) is 53.6 Å². The minimum absolute atomic E-state index is 0.301. The maximum atomic E-state index is 6.48. The predicted octanol–water partition coefficient (Wildman–Crippen LogP) is 4.37. The highest BCUT2D eigenvalue weighted by atomic mass is 15.5. The molecule has 31 heavy (non-hydrogen) atoms. The molecule has 0 bridgehead atoms. The number of unbranched alkanes of at least 4 members (excludes halogenated alkanes) is 1. The Morgan fingerprint density at radius 2 is 1.32 bits per heavy atom. The summed E-state index contributed by atoms with van der Waals surface area (Å²) in [6.45, 7) is 1.68. The van der Waals surface area contributed by atoms with Crippen molar-refractivity contribution in [1.29, 1.82) is 0 Å². The van der Waals surface area contributed by atoms with Crippen LogP contribution in [0.25, 0.3) is 0 Å². The van der Waals surface area contributed by atoms with Gasteiger partial charge in [-0.3, -0.25) is 10.3 Å². The summed E-state index contributed by atoms with van der Waals surface area (Å²) in [5, 5.41) is 10.2. The Morgan fingerprint density at radius 3 is 1.74 bits per heavy atom. The van der Waals surface area contributed by atoms with Crippen LogP contribution in [0.4, 0.5) is 0 Å². The molecule has 3 aromatic carbocycles. The van der Waals surface area contributed by atoms with Gasteiger partial charge in [0, 0.05) is 13.3 Å². The molecule has 3 N–H and O–H groups in total. The largest absolute Gasteiger partial charge is 0.319 e. The van der Waals surface area contributed by atoms with Crippen molar-refractivity contribution in [3.05, 3.63) is 108 Å². The Balaban J connectivity index is 1.58. The molecule has 1 unspecified atom stereocenters. The summed E-state index contributed by atoms with van der Waals surface area (Å²) in [6, 6.07) is 32.2. The lowest BCUT2D eigenvalue weighted by atomic mass is 9.77. The molecule has 3 aromatic rings. The van der Waals surface area contributed by atoms with E-state index in [0.29, 0.717) is 0 Å². The molecule has 0 saturated carbocycles. The van der Waals surface area contributed by atoms with Gasteiger partial charge < -0.3 is 5.73 Å². The maximum Gasteiger partial charge on any atom is 0.0947 e. The van der Waals surface area contributed by atoms with Crippen LogP contribution >= 0.6 is 0 Å². The summed E-state index contributed by atoms with van der Waals surface area (Å²) < 4.78 is 0. The van der Waals surface area contributed by atoms with E-state index in [2.05, 4.69) is 101 Å². The van der Waals surface area contributed by atoms with E-state index in [-0.39, 0.29) is 5.54 Å². The van der Waals surface area contributed by atoms with Gasteiger partial charge in [0.15, 0.2) is 0 Å². The first-order valence-electron chi connectivity index (χ1n) is 11.1. The third-order valence-electron chi connectivity index (χ3n) is 6.11. The molecule has 4 rings (SSSR count). The fourth-order valence-corrected chi connectivity index (χ4v) is 4.59. The van der Waals surface area contributed by atoms with Crippen molar-refractivity contribution in [1.82, 2.24) is 10.3 Å². The van der Waals surface area contributed by atoms with Crippen LogP contribution in [-0.4, -0.2) is 36.9 Å². The highest BCUT2D eigenvalue weighted by molar-refractivity contribution is 5.71. The van der Waals surface area contributed by atoms with Crippen LogP contribution in [0.2, 0.25) is 0 Å². The van der Waals surface area contributed by atoms with Crippen LogP contribution in [0.1, 0.15) is 36.0 Å². The van der Waals surface area contributed by atoms with Crippen molar-refractivity contribution in [2.45, 2.75) is 30.3 Å². The van der Waals surface area contributed by atoms with Crippen molar-refractivity contribution < 1.29 is 0 Å². The number of benzene rings is 3. The Hall–Kier alpha value is -2.95. The van der Waals surface area contributed by atoms with E-state index in [1.54, 1.807) is 0 Å². The molecule has 1 aliphatic rings. The zero-order chi connectivity index (χ0) is 21.6. The number of rotatable bonds is 9. The van der Waals surface area contributed by atoms with Gasteiger partial charge in [-0.05, 0) is 42.5 Å². The van der Waals surface area contributed by atoms with Crippen LogP contribution in [-0.2, 0) is 5.54 Å². The van der Waals surface area contributed by atoms with Gasteiger partial charge in [-0.2, -0.15) is 5.10 Å². The monoisotopic (exact) mass is 412 g/mol. The normalized spacial score (nSPS) is 18.5. The van der Waals surface area contributed by atoms with Gasteiger partial charge >= 0.3 is 0 Å².